The van der Waals surface area contributed by atoms with Crippen LogP contribution in [-0.2, 0) is 14.9 Å². The lowest BCUT2D eigenvalue weighted by atomic mass is 9.66. The molecule has 25 heavy (non-hydrogen) atoms. The molecule has 0 heterocycles. The van der Waals surface area contributed by atoms with Crippen LogP contribution in [0.25, 0.3) is 0 Å². The minimum Gasteiger partial charge on any atom is -0.465 e. The summed E-state index contributed by atoms with van der Waals surface area (Å²) in [5.41, 5.74) is 3.75. The number of carbonyl (C=O) groups is 2. The number of nitrogens with two attached hydrogens (primary N) is 1. The van der Waals surface area contributed by atoms with Gasteiger partial charge >= 0.3 is 12.1 Å². The molecule has 2 aliphatic carbocycles. The Morgan fingerprint density at radius 1 is 1.08 bits per heavy atom. The first-order valence-corrected chi connectivity index (χ1v) is 8.35. The molecule has 2 N–H and O–H groups in total. The summed E-state index contributed by atoms with van der Waals surface area (Å²) in [6.45, 7) is -0.223. The Morgan fingerprint density at radius 2 is 1.68 bits per heavy atom. The summed E-state index contributed by atoms with van der Waals surface area (Å²) in [6, 6.07) is 6.38. The van der Waals surface area contributed by atoms with Crippen LogP contribution in [0.1, 0.15) is 54.4 Å². The third-order valence-corrected chi connectivity index (χ3v) is 5.59. The number of benzene rings is 1. The largest absolute Gasteiger partial charge is 0.465 e. The molecule has 0 aliphatic heterocycles. The average Bonchev–Trinajstić information content (AvgIpc) is 3.30. The normalized spacial score (nSPS) is 20.4. The zero-order valence-electron chi connectivity index (χ0n) is 13.7. The standard InChI is InChI=1S/C18H20F3NO3/c19-18(20,21)16(6-1-7-16)10-11-25-15(24)17(8-9-17)13-4-2-12(3-5-13)14(22)23/h2-5H,1,6-11H2,(H2,22,23). The van der Waals surface area contributed by atoms with Gasteiger partial charge in [0, 0.05) is 5.56 Å². The van der Waals surface area contributed by atoms with Gasteiger partial charge in [-0.1, -0.05) is 18.6 Å². The van der Waals surface area contributed by atoms with E-state index in [9.17, 15) is 22.8 Å². The Kier molecular flexibility index (Phi) is 4.29. The van der Waals surface area contributed by atoms with Crippen LogP contribution in [0.2, 0.25) is 0 Å². The van der Waals surface area contributed by atoms with Crippen molar-refractivity contribution in [1.82, 2.24) is 0 Å². The smallest absolute Gasteiger partial charge is 0.394 e. The highest BCUT2D eigenvalue weighted by Crippen LogP contribution is 2.55. The van der Waals surface area contributed by atoms with Crippen molar-refractivity contribution in [2.75, 3.05) is 6.61 Å². The van der Waals surface area contributed by atoms with Crippen LogP contribution in [-0.4, -0.2) is 24.7 Å². The van der Waals surface area contributed by atoms with E-state index in [0.29, 0.717) is 30.4 Å². The fourth-order valence-electron chi connectivity index (χ4n) is 3.45. The molecule has 4 nitrogen and oxygen atoms in total. The van der Waals surface area contributed by atoms with Crippen LogP contribution in [0.5, 0.6) is 0 Å². The molecule has 1 aromatic carbocycles. The topological polar surface area (TPSA) is 69.4 Å². The lowest BCUT2D eigenvalue weighted by Gasteiger charge is -2.43. The highest BCUT2D eigenvalue weighted by Gasteiger charge is 2.58. The maximum absolute atomic E-state index is 13.1. The molecule has 136 valence electrons. The van der Waals surface area contributed by atoms with Gasteiger partial charge in [0.25, 0.3) is 0 Å². The summed E-state index contributed by atoms with van der Waals surface area (Å²) < 4.78 is 44.5. The number of hydrogen-bond donors (Lipinski definition) is 1. The fourth-order valence-corrected chi connectivity index (χ4v) is 3.45. The average molecular weight is 355 g/mol. The second-order valence-corrected chi connectivity index (χ2v) is 7.04. The molecule has 2 aliphatic rings. The second kappa shape index (κ2) is 6.04. The van der Waals surface area contributed by atoms with Gasteiger partial charge in [0.15, 0.2) is 0 Å². The zero-order valence-corrected chi connectivity index (χ0v) is 13.7. The van der Waals surface area contributed by atoms with E-state index in [1.165, 1.54) is 12.1 Å². The molecule has 3 rings (SSSR count). The van der Waals surface area contributed by atoms with Crippen molar-refractivity contribution in [3.8, 4) is 0 Å². The predicted molar refractivity (Wildman–Crippen MR) is 83.8 cm³/mol. The lowest BCUT2D eigenvalue weighted by molar-refractivity contribution is -0.256. The van der Waals surface area contributed by atoms with E-state index in [1.54, 1.807) is 12.1 Å². The molecule has 0 bridgehead atoms. The molecule has 0 saturated heterocycles. The van der Waals surface area contributed by atoms with Crippen LogP contribution >= 0.6 is 0 Å². The van der Waals surface area contributed by atoms with Gasteiger partial charge in [0.05, 0.1) is 17.4 Å². The Balaban J connectivity index is 1.60. The fraction of sp³-hybridized carbons (Fsp3) is 0.556. The van der Waals surface area contributed by atoms with Gasteiger partial charge in [-0.3, -0.25) is 9.59 Å². The minimum absolute atomic E-state index is 0.105. The van der Waals surface area contributed by atoms with Crippen molar-refractivity contribution in [2.45, 2.75) is 50.1 Å². The molecular weight excluding hydrogens is 335 g/mol. The monoisotopic (exact) mass is 355 g/mol. The van der Waals surface area contributed by atoms with Crippen LogP contribution in [0.3, 0.4) is 0 Å². The van der Waals surface area contributed by atoms with E-state index >= 15 is 0 Å². The Morgan fingerprint density at radius 3 is 2.08 bits per heavy atom. The summed E-state index contributed by atoms with van der Waals surface area (Å²) >= 11 is 0. The van der Waals surface area contributed by atoms with Gasteiger partial charge < -0.3 is 10.5 Å². The predicted octanol–water partition coefficient (Wildman–Crippen LogP) is 3.48. The number of amides is 1. The van der Waals surface area contributed by atoms with Gasteiger partial charge in [0.2, 0.25) is 5.91 Å². The maximum Gasteiger partial charge on any atom is 0.394 e. The van der Waals surface area contributed by atoms with Crippen molar-refractivity contribution < 1.29 is 27.5 Å². The van der Waals surface area contributed by atoms with Crippen LogP contribution in [0.4, 0.5) is 13.2 Å². The second-order valence-electron chi connectivity index (χ2n) is 7.04. The van der Waals surface area contributed by atoms with E-state index in [4.69, 9.17) is 10.5 Å². The molecule has 1 aromatic rings. The first-order chi connectivity index (χ1) is 11.7. The van der Waals surface area contributed by atoms with Gasteiger partial charge in [-0.15, -0.1) is 0 Å². The molecule has 0 unspecified atom stereocenters. The highest BCUT2D eigenvalue weighted by molar-refractivity contribution is 5.93. The van der Waals surface area contributed by atoms with Crippen molar-refractivity contribution in [3.63, 3.8) is 0 Å². The first kappa shape index (κ1) is 17.8. The molecule has 2 fully saturated rings. The Bertz CT molecular complexity index is 674. The number of rotatable bonds is 6. The van der Waals surface area contributed by atoms with Gasteiger partial charge in [-0.25, -0.2) is 0 Å². The van der Waals surface area contributed by atoms with Crippen molar-refractivity contribution in [3.05, 3.63) is 35.4 Å². The summed E-state index contributed by atoms with van der Waals surface area (Å²) in [4.78, 5) is 23.5. The number of halogens is 3. The van der Waals surface area contributed by atoms with Crippen LogP contribution < -0.4 is 5.73 Å². The van der Waals surface area contributed by atoms with E-state index in [1.807, 2.05) is 0 Å². The minimum atomic E-state index is -4.25. The van der Waals surface area contributed by atoms with Crippen LogP contribution in [0.15, 0.2) is 24.3 Å². The molecule has 0 radical (unpaired) electrons. The van der Waals surface area contributed by atoms with E-state index in [2.05, 4.69) is 0 Å². The first-order valence-electron chi connectivity index (χ1n) is 8.35. The zero-order chi connectivity index (χ0) is 18.3. The SMILES string of the molecule is NC(=O)c1ccc(C2(C(=O)OCCC3(C(F)(F)F)CCC3)CC2)cc1. The summed E-state index contributed by atoms with van der Waals surface area (Å²) in [5.74, 6) is -1.05. The molecule has 0 aromatic heterocycles. The lowest BCUT2D eigenvalue weighted by Crippen LogP contribution is -2.45. The summed E-state index contributed by atoms with van der Waals surface area (Å²) in [7, 11) is 0. The highest BCUT2D eigenvalue weighted by atomic mass is 19.4. The van der Waals surface area contributed by atoms with Gasteiger partial charge in [0.1, 0.15) is 0 Å². The molecule has 2 saturated carbocycles. The summed E-state index contributed by atoms with van der Waals surface area (Å²) in [6.07, 6.45) is -2.48. The van der Waals surface area contributed by atoms with E-state index in [-0.39, 0.29) is 25.9 Å². The quantitative estimate of drug-likeness (QED) is 0.794. The number of esters is 1. The van der Waals surface area contributed by atoms with Crippen molar-refractivity contribution >= 4 is 11.9 Å². The van der Waals surface area contributed by atoms with Gasteiger partial charge in [-0.2, -0.15) is 13.2 Å². The molecule has 0 atom stereocenters. The third-order valence-electron chi connectivity index (χ3n) is 5.59. The number of alkyl halides is 3. The number of carbonyl (C=O) groups excluding carboxylic acids is 2. The maximum atomic E-state index is 13.1. The van der Waals surface area contributed by atoms with Crippen molar-refractivity contribution in [2.24, 2.45) is 11.1 Å². The number of ether oxygens (including phenoxy) is 1. The van der Waals surface area contributed by atoms with Crippen molar-refractivity contribution in [1.29, 1.82) is 0 Å². The van der Waals surface area contributed by atoms with Crippen LogP contribution in [0, 0.1) is 5.41 Å². The molecule has 0 spiro atoms. The molecular formula is C18H20F3NO3. The third kappa shape index (κ3) is 3.12. The molecule has 7 heteroatoms. The number of hydrogen-bond acceptors (Lipinski definition) is 3. The number of primary amides is 1. The van der Waals surface area contributed by atoms with E-state index in [0.717, 1.165) is 0 Å². The molecule has 1 amide bonds. The van der Waals surface area contributed by atoms with Gasteiger partial charge in [-0.05, 0) is 49.8 Å². The Labute approximate surface area is 143 Å². The Hall–Kier alpha value is -2.05. The van der Waals surface area contributed by atoms with E-state index < -0.39 is 28.9 Å². The summed E-state index contributed by atoms with van der Waals surface area (Å²) in [5, 5.41) is 0.